The van der Waals surface area contributed by atoms with Crippen molar-refractivity contribution < 1.29 is 24.0 Å². The Morgan fingerprint density at radius 2 is 1.31 bits per heavy atom. The van der Waals surface area contributed by atoms with Gasteiger partial charge >= 0.3 is 5.97 Å². The van der Waals surface area contributed by atoms with Gasteiger partial charge in [-0.3, -0.25) is 14.5 Å². The first kappa shape index (κ1) is 42.5. The summed E-state index contributed by atoms with van der Waals surface area (Å²) in [6.07, 6.45) is -0.0534. The van der Waals surface area contributed by atoms with Crippen LogP contribution in [0.4, 0.5) is 10.3 Å². The van der Waals surface area contributed by atoms with Crippen molar-refractivity contribution in [2.45, 2.75) is 41.0 Å². The minimum Gasteiger partial charge on any atom is -0.448 e. The molecule has 0 radical (unpaired) electrons. The summed E-state index contributed by atoms with van der Waals surface area (Å²) in [5.41, 5.74) is 14.0. The van der Waals surface area contributed by atoms with Crippen molar-refractivity contribution in [1.29, 1.82) is 0 Å². The van der Waals surface area contributed by atoms with E-state index < -0.39 is 41.6 Å². The van der Waals surface area contributed by atoms with Crippen LogP contribution in [0.2, 0.25) is 4.34 Å². The molecule has 9 rings (SSSR count). The maximum atomic E-state index is 14.7. The first-order valence-electron chi connectivity index (χ1n) is 20.0. The van der Waals surface area contributed by atoms with E-state index in [1.807, 2.05) is 152 Å². The number of nitrogens with zero attached hydrogens (tertiary/aromatic N) is 5. The Kier molecular flexibility index (Phi) is 12.3. The summed E-state index contributed by atoms with van der Waals surface area (Å²) in [5.74, 6) is -2.05. The van der Waals surface area contributed by atoms with Gasteiger partial charge in [-0.1, -0.05) is 203 Å². The molecule has 320 valence electrons. The minimum absolute atomic E-state index is 0.0240. The van der Waals surface area contributed by atoms with Crippen molar-refractivity contribution in [2.75, 3.05) is 11.5 Å². The number of ether oxygens (including phenoxy) is 1. The highest BCUT2D eigenvalue weighted by molar-refractivity contribution is 8.04. The Bertz CT molecular complexity index is 2730. The Hall–Kier alpha value is -6.85. The summed E-state index contributed by atoms with van der Waals surface area (Å²) in [5, 5.41) is 15.9. The Morgan fingerprint density at radius 3 is 1.80 bits per heavy atom. The summed E-state index contributed by atoms with van der Waals surface area (Å²) in [7, 11) is 0. The van der Waals surface area contributed by atoms with Gasteiger partial charge in [0.2, 0.25) is 10.7 Å². The number of hydrogen-bond donors (Lipinski definition) is 3. The van der Waals surface area contributed by atoms with Gasteiger partial charge in [0.25, 0.3) is 11.8 Å². The van der Waals surface area contributed by atoms with E-state index in [-0.39, 0.29) is 31.7 Å². The van der Waals surface area contributed by atoms with Crippen molar-refractivity contribution >= 4 is 79.8 Å². The SMILES string of the molecule is Nc1nnc(SC2=C(C(=O)OC(c3ccccc3)c3ccccc3)N3C(=O)[C@@H](NC(=O)C(=NOC(c4ccccc4)(c4ccccc4)c4ccccc4)c4nc(N)sc4Cl)C3CC2)s1. The van der Waals surface area contributed by atoms with Crippen LogP contribution in [-0.4, -0.2) is 55.7 Å². The molecule has 1 fully saturated rings. The van der Waals surface area contributed by atoms with E-state index in [9.17, 15) is 14.4 Å². The number of aromatic nitrogens is 3. The van der Waals surface area contributed by atoms with Crippen molar-refractivity contribution in [1.82, 2.24) is 25.4 Å². The quantitative estimate of drug-likeness (QED) is 0.0313. The lowest BCUT2D eigenvalue weighted by Gasteiger charge is -2.50. The number of halogens is 1. The van der Waals surface area contributed by atoms with E-state index >= 15 is 0 Å². The van der Waals surface area contributed by atoms with E-state index in [1.54, 1.807) is 0 Å². The number of β-lactam (4-membered cyclic amide) rings is 1. The number of thiazole rings is 1. The summed E-state index contributed by atoms with van der Waals surface area (Å²) in [4.78, 5) is 56.7. The highest BCUT2D eigenvalue weighted by Gasteiger charge is 2.54. The lowest BCUT2D eigenvalue weighted by molar-refractivity contribution is -0.158. The third-order valence-electron chi connectivity index (χ3n) is 10.8. The summed E-state index contributed by atoms with van der Waals surface area (Å²) in [6.45, 7) is 0. The van der Waals surface area contributed by atoms with E-state index in [0.717, 1.165) is 50.5 Å². The lowest BCUT2D eigenvalue weighted by Crippen LogP contribution is -2.72. The van der Waals surface area contributed by atoms with Crippen molar-refractivity contribution in [2.24, 2.45) is 5.16 Å². The van der Waals surface area contributed by atoms with Crippen molar-refractivity contribution in [3.8, 4) is 0 Å². The number of nitrogens with two attached hydrogens (primary N) is 2. The molecule has 2 atom stereocenters. The van der Waals surface area contributed by atoms with Crippen LogP contribution >= 0.6 is 46.0 Å². The molecule has 5 aromatic carbocycles. The number of thioether (sulfide) groups is 1. The number of oxime groups is 1. The number of fused-ring (bicyclic) bond motifs is 1. The van der Waals surface area contributed by atoms with Gasteiger partial charge in [-0.15, -0.1) is 10.2 Å². The number of benzene rings is 5. The number of hydrogen-bond acceptors (Lipinski definition) is 14. The zero-order valence-corrected chi connectivity index (χ0v) is 36.8. The largest absolute Gasteiger partial charge is 0.448 e. The van der Waals surface area contributed by atoms with Crippen LogP contribution in [0, 0.1) is 0 Å². The second-order valence-electron chi connectivity index (χ2n) is 14.6. The minimum atomic E-state index is -1.36. The third-order valence-corrected chi connectivity index (χ3v) is 13.8. The van der Waals surface area contributed by atoms with Crippen LogP contribution in [0.15, 0.2) is 172 Å². The zero-order chi connectivity index (χ0) is 44.2. The molecule has 1 unspecified atom stereocenters. The Labute approximate surface area is 384 Å². The molecule has 0 bridgehead atoms. The molecule has 7 aromatic rings. The maximum absolute atomic E-state index is 14.7. The first-order valence-corrected chi connectivity index (χ1v) is 22.8. The summed E-state index contributed by atoms with van der Waals surface area (Å²) >= 11 is 10.0. The van der Waals surface area contributed by atoms with Crippen LogP contribution < -0.4 is 16.8 Å². The number of amides is 2. The second kappa shape index (κ2) is 18.5. The van der Waals surface area contributed by atoms with Gasteiger partial charge in [0.05, 0.1) is 6.04 Å². The molecular weight excluding hydrogens is 888 g/mol. The smallest absolute Gasteiger partial charge is 0.356 e. The molecule has 0 spiro atoms. The van der Waals surface area contributed by atoms with Crippen LogP contribution in [0.3, 0.4) is 0 Å². The van der Waals surface area contributed by atoms with E-state index in [0.29, 0.717) is 22.1 Å². The molecule has 1 saturated heterocycles. The molecule has 2 aliphatic heterocycles. The molecule has 2 aromatic heterocycles. The fourth-order valence-electron chi connectivity index (χ4n) is 7.89. The van der Waals surface area contributed by atoms with Gasteiger partial charge < -0.3 is 26.4 Å². The van der Waals surface area contributed by atoms with Crippen LogP contribution in [-0.2, 0) is 29.6 Å². The lowest BCUT2D eigenvalue weighted by atomic mass is 9.80. The van der Waals surface area contributed by atoms with E-state index in [1.165, 1.54) is 16.7 Å². The normalized spacial score (nSPS) is 16.2. The number of nitrogen functional groups attached to an aromatic ring is 2. The van der Waals surface area contributed by atoms with Crippen LogP contribution in [0.5, 0.6) is 0 Å². The average Bonchev–Trinajstić information content (AvgIpc) is 3.91. The highest BCUT2D eigenvalue weighted by atomic mass is 35.5. The average molecular weight is 926 g/mol. The molecule has 64 heavy (non-hydrogen) atoms. The summed E-state index contributed by atoms with van der Waals surface area (Å²) < 4.78 is 6.91. The summed E-state index contributed by atoms with van der Waals surface area (Å²) in [6, 6.07) is 45.5. The maximum Gasteiger partial charge on any atom is 0.356 e. The number of allylic oxidation sites excluding steroid dienone is 1. The van der Waals surface area contributed by atoms with Gasteiger partial charge in [0, 0.05) is 21.6 Å². The van der Waals surface area contributed by atoms with Crippen molar-refractivity contribution in [3.63, 3.8) is 0 Å². The van der Waals surface area contributed by atoms with Crippen LogP contribution in [0.25, 0.3) is 0 Å². The fourth-order valence-corrected chi connectivity index (χ4v) is 10.7. The molecule has 2 aliphatic rings. The number of carbonyl (C=O) groups is 3. The standard InChI is InChI=1S/C47H37ClN8O5S3/c48-40-36(52-44(49)63-40)37(55-61-47(30-20-10-3-11-21-30,31-22-12-4-13-23-31)32-24-14-5-15-25-32)41(57)51-35-33-26-27-34(62-46-54-53-45(50)64-46)38(56(33)42(35)58)43(59)60-39(28-16-6-1-7-17-28)29-18-8-2-9-19-29/h1-25,33,35,39H,26-27H2,(H2,49,52)(H2,50,53)(H,51,57)/t33?,35-/m0/s1. The highest BCUT2D eigenvalue weighted by Crippen LogP contribution is 2.46. The van der Waals surface area contributed by atoms with Gasteiger partial charge in [-0.05, 0) is 24.0 Å². The molecular formula is C47H37ClN8O5S3. The number of carbonyl (C=O) groups excluding carboxylic acids is 3. The van der Waals surface area contributed by atoms with Gasteiger partial charge in [0.1, 0.15) is 21.8 Å². The predicted molar refractivity (Wildman–Crippen MR) is 248 cm³/mol. The molecule has 0 saturated carbocycles. The van der Waals surface area contributed by atoms with Crippen molar-refractivity contribution in [3.05, 3.63) is 200 Å². The number of nitrogens with one attached hydrogen (secondary N) is 1. The molecule has 13 nitrogen and oxygen atoms in total. The Balaban J connectivity index is 1.06. The number of esters is 1. The van der Waals surface area contributed by atoms with Gasteiger partial charge in [-0.25, -0.2) is 9.78 Å². The zero-order valence-electron chi connectivity index (χ0n) is 33.6. The molecule has 5 N–H and O–H groups in total. The Morgan fingerprint density at radius 1 is 0.781 bits per heavy atom. The van der Waals surface area contributed by atoms with Gasteiger partial charge in [-0.2, -0.15) is 0 Å². The fraction of sp³-hybridized carbons (Fsp3) is 0.128. The van der Waals surface area contributed by atoms with Gasteiger partial charge in [0.15, 0.2) is 21.3 Å². The van der Waals surface area contributed by atoms with E-state index in [4.69, 9.17) is 32.6 Å². The molecule has 0 aliphatic carbocycles. The monoisotopic (exact) mass is 924 g/mol. The molecule has 2 amide bonds. The topological polar surface area (TPSA) is 188 Å². The molecule has 4 heterocycles. The number of anilines is 2. The number of rotatable bonds is 14. The van der Waals surface area contributed by atoms with Crippen LogP contribution in [0.1, 0.15) is 52.5 Å². The second-order valence-corrected chi connectivity index (χ2v) is 18.6. The van der Waals surface area contributed by atoms with E-state index in [2.05, 4.69) is 25.7 Å². The third kappa shape index (κ3) is 8.35. The predicted octanol–water partition coefficient (Wildman–Crippen LogP) is 8.35. The first-order chi connectivity index (χ1) is 31.2. The molecule has 17 heteroatoms.